The molecular weight excluding hydrogens is 975 g/mol. The van der Waals surface area contributed by atoms with Crippen LogP contribution in [0.5, 0.6) is 0 Å². The Morgan fingerprint density at radius 2 is 1.38 bits per heavy atom. The molecule has 9 atom stereocenters. The second kappa shape index (κ2) is 28.2. The van der Waals surface area contributed by atoms with Gasteiger partial charge in [0.25, 0.3) is 0 Å². The summed E-state index contributed by atoms with van der Waals surface area (Å²) >= 11 is 2.91. The SMILES string of the molecule is CCCC[C@H](NC)C(=O)N[C@H]1CSCc2cc(cc(C(C)C)c2)CSC[C@@H](C(C)=O)NC(=O)[C@H](Cc2ccccc2)NC(=O)[C@@H](CC(N)=O)NC(=O)[C@H]([C@@H](C)O)NC(=O)[C@@H]2CCCN2C(=O)[C@@H]2CCCN2C1=O. The number of amides is 8. The number of hydrogen-bond donors (Lipinski definition) is 8. The monoisotopic (exact) mass is 1050 g/mol. The Bertz CT molecular complexity index is 2290. The van der Waals surface area contributed by atoms with Gasteiger partial charge in [-0.15, -0.1) is 0 Å². The van der Waals surface area contributed by atoms with Crippen molar-refractivity contribution in [1.29, 1.82) is 0 Å². The van der Waals surface area contributed by atoms with Gasteiger partial charge in [-0.3, -0.25) is 43.2 Å². The molecule has 0 radical (unpaired) electrons. The number of likely N-dealkylation sites (N-methyl/N-ethyl adjacent to an activating group) is 1. The van der Waals surface area contributed by atoms with Gasteiger partial charge in [0.05, 0.1) is 24.6 Å². The molecule has 21 heteroatoms. The molecule has 0 unspecified atom stereocenters. The van der Waals surface area contributed by atoms with Crippen molar-refractivity contribution in [2.75, 3.05) is 31.6 Å². The number of nitrogens with two attached hydrogens (primary N) is 1. The lowest BCUT2D eigenvalue weighted by molar-refractivity contribution is -0.148. The number of ketones is 1. The first-order chi connectivity index (χ1) is 34.8. The molecule has 0 spiro atoms. The minimum atomic E-state index is -1.68. The van der Waals surface area contributed by atoms with E-state index in [4.69, 9.17) is 5.73 Å². The highest BCUT2D eigenvalue weighted by Crippen LogP contribution is 2.28. The van der Waals surface area contributed by atoms with Gasteiger partial charge in [-0.1, -0.05) is 82.1 Å². The fourth-order valence-electron chi connectivity index (χ4n) is 9.32. The van der Waals surface area contributed by atoms with Crippen molar-refractivity contribution in [1.82, 2.24) is 41.7 Å². The van der Waals surface area contributed by atoms with Crippen LogP contribution in [-0.4, -0.2) is 154 Å². The van der Waals surface area contributed by atoms with E-state index in [0.717, 1.165) is 29.5 Å². The number of aliphatic hydroxyl groups excluding tert-OH is 1. The van der Waals surface area contributed by atoms with Crippen molar-refractivity contribution >= 4 is 76.6 Å². The molecule has 2 bridgehead atoms. The van der Waals surface area contributed by atoms with Gasteiger partial charge in [-0.05, 0) is 81.2 Å². The van der Waals surface area contributed by atoms with Crippen LogP contribution in [0.15, 0.2) is 48.5 Å². The predicted molar refractivity (Wildman–Crippen MR) is 281 cm³/mol. The van der Waals surface area contributed by atoms with E-state index in [9.17, 15) is 48.3 Å². The quantitative estimate of drug-likeness (QED) is 0.142. The van der Waals surface area contributed by atoms with Gasteiger partial charge in [0.2, 0.25) is 47.3 Å². The summed E-state index contributed by atoms with van der Waals surface area (Å²) in [5.74, 6) is -4.46. The van der Waals surface area contributed by atoms with E-state index in [-0.39, 0.29) is 55.0 Å². The van der Waals surface area contributed by atoms with Crippen LogP contribution in [0.1, 0.15) is 114 Å². The fourth-order valence-corrected chi connectivity index (χ4v) is 11.4. The third-order valence-electron chi connectivity index (χ3n) is 13.5. The average molecular weight is 1050 g/mol. The van der Waals surface area contributed by atoms with Gasteiger partial charge in [-0.25, -0.2) is 0 Å². The minimum Gasteiger partial charge on any atom is -0.391 e. The lowest BCUT2D eigenvalue weighted by Gasteiger charge is -2.34. The number of nitrogens with one attached hydrogen (secondary N) is 6. The zero-order valence-electron chi connectivity index (χ0n) is 42.9. The fraction of sp³-hybridized carbons (Fsp3) is 0.596. The Morgan fingerprint density at radius 1 is 0.781 bits per heavy atom. The van der Waals surface area contributed by atoms with Crippen molar-refractivity contribution in [3.05, 3.63) is 70.8 Å². The molecule has 2 fully saturated rings. The van der Waals surface area contributed by atoms with Crippen LogP contribution in [0, 0.1) is 0 Å². The van der Waals surface area contributed by atoms with Gasteiger partial charge in [0.1, 0.15) is 36.3 Å². The van der Waals surface area contributed by atoms with Crippen molar-refractivity contribution < 1.29 is 48.3 Å². The second-order valence-corrected chi connectivity index (χ2v) is 21.6. The molecule has 73 heavy (non-hydrogen) atoms. The van der Waals surface area contributed by atoms with Crippen LogP contribution in [-0.2, 0) is 61.1 Å². The molecule has 2 aromatic carbocycles. The topological polar surface area (TPSA) is 279 Å². The average Bonchev–Trinajstić information content (AvgIpc) is 4.06. The van der Waals surface area contributed by atoms with Gasteiger partial charge >= 0.3 is 0 Å². The first-order valence-corrected chi connectivity index (χ1v) is 27.7. The summed E-state index contributed by atoms with van der Waals surface area (Å²) in [6.45, 7) is 9.25. The van der Waals surface area contributed by atoms with Crippen LogP contribution >= 0.6 is 23.5 Å². The van der Waals surface area contributed by atoms with Crippen molar-refractivity contribution in [3.63, 3.8) is 0 Å². The minimum absolute atomic E-state index is 0.0332. The standard InChI is InChI=1S/C52H75N9O10S2/c1-7-8-16-37(54-6)46(65)58-41-29-73-27-35-21-34(22-36(23-35)30(2)3)26-72-28-40(31(4)62)57-47(66)38(24-33-14-10-9-11-15-33)55-48(67)39(25-44(53)64)56-50(69)45(32(5)63)59-49(68)42-17-12-19-60(42)52(71)43-18-13-20-61(43)51(41)70/h9-11,14-15,21-23,30,32,37-43,45,54,63H,7-8,12-13,16-20,24-29H2,1-6H3,(H2,53,64)(H,55,67)(H,56,69)(H,57,66)(H,58,65)(H,59,68)/t32-,37+,38+,39-,40+,41+,42+,43+,45+/m1/s1. The Hall–Kier alpha value is -5.51. The van der Waals surface area contributed by atoms with E-state index >= 15 is 0 Å². The summed E-state index contributed by atoms with van der Waals surface area (Å²) in [7, 11) is 1.70. The smallest absolute Gasteiger partial charge is 0.246 e. The number of fused-ring (bicyclic) bond motifs is 4. The summed E-state index contributed by atoms with van der Waals surface area (Å²) in [4.78, 5) is 128. The van der Waals surface area contributed by atoms with E-state index in [1.54, 1.807) is 37.4 Å². The first kappa shape index (κ1) is 58.4. The Balaban J connectivity index is 1.52. The molecule has 400 valence electrons. The van der Waals surface area contributed by atoms with E-state index in [0.29, 0.717) is 42.8 Å². The van der Waals surface area contributed by atoms with Crippen LogP contribution < -0.4 is 37.6 Å². The second-order valence-electron chi connectivity index (χ2n) is 19.6. The zero-order chi connectivity index (χ0) is 53.4. The number of benzene rings is 2. The molecule has 3 aliphatic heterocycles. The molecule has 19 nitrogen and oxygen atoms in total. The normalized spacial score (nSPS) is 25.2. The molecule has 3 aliphatic rings. The van der Waals surface area contributed by atoms with E-state index < -0.39 is 102 Å². The third kappa shape index (κ3) is 16.7. The number of nitrogens with zero attached hydrogens (tertiary/aromatic N) is 2. The van der Waals surface area contributed by atoms with Gasteiger partial charge < -0.3 is 52.5 Å². The Kier molecular flexibility index (Phi) is 22.6. The number of primary amides is 1. The van der Waals surface area contributed by atoms with E-state index in [1.807, 2.05) is 6.92 Å². The number of unbranched alkanes of at least 4 members (excludes halogenated alkanes) is 1. The zero-order valence-corrected chi connectivity index (χ0v) is 44.5. The Morgan fingerprint density at radius 3 is 1.97 bits per heavy atom. The number of Topliss-reactive ketones (excluding diaryl/α,β-unsaturated/α-hetero) is 1. The van der Waals surface area contributed by atoms with E-state index in [1.165, 1.54) is 47.2 Å². The molecule has 2 aromatic rings. The van der Waals surface area contributed by atoms with Crippen LogP contribution in [0.2, 0.25) is 0 Å². The number of thioether (sulfide) groups is 2. The lowest BCUT2D eigenvalue weighted by Crippen LogP contribution is -2.62. The maximum Gasteiger partial charge on any atom is 0.246 e. The molecular formula is C52H75N9O10S2. The largest absolute Gasteiger partial charge is 0.391 e. The summed E-state index contributed by atoms with van der Waals surface area (Å²) in [5, 5.41) is 27.4. The summed E-state index contributed by atoms with van der Waals surface area (Å²) in [6.07, 6.45) is 1.41. The lowest BCUT2D eigenvalue weighted by atomic mass is 9.99. The highest BCUT2D eigenvalue weighted by molar-refractivity contribution is 7.98. The van der Waals surface area contributed by atoms with Gasteiger partial charge in [-0.2, -0.15) is 23.5 Å². The molecule has 9 N–H and O–H groups in total. The highest BCUT2D eigenvalue weighted by Gasteiger charge is 2.45. The van der Waals surface area contributed by atoms with Crippen LogP contribution in [0.3, 0.4) is 0 Å². The van der Waals surface area contributed by atoms with Crippen molar-refractivity contribution in [2.24, 2.45) is 5.73 Å². The molecule has 3 heterocycles. The number of hydrogen-bond acceptors (Lipinski definition) is 13. The predicted octanol–water partition coefficient (Wildman–Crippen LogP) is 1.56. The summed E-state index contributed by atoms with van der Waals surface area (Å²) in [5.41, 5.74) is 9.25. The molecule has 0 aliphatic carbocycles. The summed E-state index contributed by atoms with van der Waals surface area (Å²) in [6, 6.07) is 5.90. The van der Waals surface area contributed by atoms with Crippen LogP contribution in [0.4, 0.5) is 0 Å². The Labute approximate surface area is 437 Å². The molecule has 0 saturated carbocycles. The summed E-state index contributed by atoms with van der Waals surface area (Å²) < 4.78 is 0. The maximum absolute atomic E-state index is 14.7. The first-order valence-electron chi connectivity index (χ1n) is 25.4. The van der Waals surface area contributed by atoms with Crippen molar-refractivity contribution in [3.8, 4) is 0 Å². The molecule has 8 amide bonds. The van der Waals surface area contributed by atoms with Gasteiger partial charge in [0.15, 0.2) is 5.78 Å². The van der Waals surface area contributed by atoms with Gasteiger partial charge in [0, 0.05) is 42.5 Å². The number of carbonyl (C=O) groups is 9. The van der Waals surface area contributed by atoms with Crippen molar-refractivity contribution in [2.45, 2.75) is 164 Å². The number of rotatable bonds is 13. The molecule has 0 aromatic heterocycles. The maximum atomic E-state index is 14.7. The molecule has 2 saturated heterocycles. The van der Waals surface area contributed by atoms with E-state index in [2.05, 4.69) is 63.9 Å². The van der Waals surface area contributed by atoms with Crippen LogP contribution in [0.25, 0.3) is 0 Å². The third-order valence-corrected chi connectivity index (χ3v) is 15.7. The number of aliphatic hydroxyl groups is 1. The highest BCUT2D eigenvalue weighted by atomic mass is 32.2. The molecule has 5 rings (SSSR count). The number of carbonyl (C=O) groups excluding carboxylic acids is 9.